The van der Waals surface area contributed by atoms with E-state index < -0.39 is 0 Å². The van der Waals surface area contributed by atoms with Gasteiger partial charge in [-0.3, -0.25) is 9.59 Å². The third-order valence-electron chi connectivity index (χ3n) is 4.52. The molecular weight excluding hydrogens is 370 g/mol. The van der Waals surface area contributed by atoms with Gasteiger partial charge >= 0.3 is 0 Å². The fourth-order valence-corrected chi connectivity index (χ4v) is 4.17. The molecule has 0 radical (unpaired) electrons. The number of benzene rings is 1. The first-order valence-corrected chi connectivity index (χ1v) is 9.39. The van der Waals surface area contributed by atoms with Crippen LogP contribution in [0.1, 0.15) is 29.3 Å². The number of amides is 2. The maximum absolute atomic E-state index is 12.7. The van der Waals surface area contributed by atoms with E-state index in [1.165, 1.54) is 0 Å². The van der Waals surface area contributed by atoms with Crippen LogP contribution in [0, 0.1) is 12.8 Å². The van der Waals surface area contributed by atoms with Gasteiger partial charge in [-0.25, -0.2) is 0 Å². The topological polar surface area (TPSA) is 75.4 Å². The van der Waals surface area contributed by atoms with Gasteiger partial charge in [-0.05, 0) is 36.9 Å². The number of rotatable bonds is 5. The first kappa shape index (κ1) is 20.4. The minimum absolute atomic E-state index is 0. The quantitative estimate of drug-likeness (QED) is 0.819. The van der Waals surface area contributed by atoms with Gasteiger partial charge in [0.25, 0.3) is 0 Å². The van der Waals surface area contributed by atoms with E-state index in [0.717, 1.165) is 16.1 Å². The number of anilines is 1. The molecule has 3 N–H and O–H groups in total. The highest BCUT2D eigenvalue weighted by atomic mass is 35.5. The highest BCUT2D eigenvalue weighted by molar-refractivity contribution is 7.10. The van der Waals surface area contributed by atoms with Crippen LogP contribution in [0.4, 0.5) is 5.69 Å². The van der Waals surface area contributed by atoms with Crippen molar-refractivity contribution in [2.75, 3.05) is 18.0 Å². The van der Waals surface area contributed by atoms with Crippen LogP contribution in [-0.2, 0) is 9.59 Å². The van der Waals surface area contributed by atoms with Crippen LogP contribution in [0.3, 0.4) is 0 Å². The van der Waals surface area contributed by atoms with Gasteiger partial charge in [-0.2, -0.15) is 0 Å². The molecule has 0 aliphatic carbocycles. The molecule has 3 rings (SSSR count). The van der Waals surface area contributed by atoms with Crippen LogP contribution in [0.2, 0.25) is 0 Å². The van der Waals surface area contributed by atoms with Crippen molar-refractivity contribution in [2.45, 2.75) is 25.8 Å². The van der Waals surface area contributed by atoms with Gasteiger partial charge in [0.2, 0.25) is 11.8 Å². The summed E-state index contributed by atoms with van der Waals surface area (Å²) < 4.78 is 0. The minimum atomic E-state index is -0.276. The molecule has 2 unspecified atom stereocenters. The van der Waals surface area contributed by atoms with Crippen molar-refractivity contribution >= 4 is 41.2 Å². The zero-order chi connectivity index (χ0) is 17.8. The number of nitrogens with two attached hydrogens (primary N) is 1. The minimum Gasteiger partial charge on any atom is -0.355 e. The lowest BCUT2D eigenvalue weighted by Gasteiger charge is -2.40. The van der Waals surface area contributed by atoms with Crippen LogP contribution in [0.5, 0.6) is 0 Å². The van der Waals surface area contributed by atoms with Crippen molar-refractivity contribution < 1.29 is 9.59 Å². The van der Waals surface area contributed by atoms with Crippen molar-refractivity contribution in [3.8, 4) is 0 Å². The SMILES string of the molecule is Cc1ccc(N2C(=O)CCC(C(=O)NCCN)C2c2cccs2)cc1.Cl. The molecule has 1 aliphatic rings. The monoisotopic (exact) mass is 393 g/mol. The Labute approximate surface area is 164 Å². The molecular formula is C19H24ClN3O2S. The van der Waals surface area contributed by atoms with Gasteiger partial charge < -0.3 is 16.0 Å². The summed E-state index contributed by atoms with van der Waals surface area (Å²) in [6.45, 7) is 2.87. The number of piperidine rings is 1. The number of nitrogens with zero attached hydrogens (tertiary/aromatic N) is 1. The fraction of sp³-hybridized carbons (Fsp3) is 0.368. The Kier molecular flexibility index (Phi) is 7.20. The lowest BCUT2D eigenvalue weighted by molar-refractivity contribution is -0.129. The molecule has 26 heavy (non-hydrogen) atoms. The van der Waals surface area contributed by atoms with E-state index in [1.807, 2.05) is 48.7 Å². The second-order valence-corrected chi connectivity index (χ2v) is 7.26. The van der Waals surface area contributed by atoms with Crippen LogP contribution in [0.25, 0.3) is 0 Å². The maximum atomic E-state index is 12.7. The molecule has 1 saturated heterocycles. The van der Waals surface area contributed by atoms with Crippen LogP contribution < -0.4 is 16.0 Å². The number of nitrogens with one attached hydrogen (secondary N) is 1. The number of thiophene rings is 1. The second-order valence-electron chi connectivity index (χ2n) is 6.28. The highest BCUT2D eigenvalue weighted by Gasteiger charge is 2.41. The summed E-state index contributed by atoms with van der Waals surface area (Å²) in [5.41, 5.74) is 7.49. The van der Waals surface area contributed by atoms with Gasteiger partial charge in [-0.1, -0.05) is 23.8 Å². The molecule has 2 amide bonds. The summed E-state index contributed by atoms with van der Waals surface area (Å²) in [4.78, 5) is 28.3. The van der Waals surface area contributed by atoms with E-state index in [-0.39, 0.29) is 36.2 Å². The zero-order valence-electron chi connectivity index (χ0n) is 14.7. The van der Waals surface area contributed by atoms with Gasteiger partial charge in [0, 0.05) is 30.1 Å². The highest BCUT2D eigenvalue weighted by Crippen LogP contribution is 2.41. The van der Waals surface area contributed by atoms with E-state index in [1.54, 1.807) is 16.2 Å². The zero-order valence-corrected chi connectivity index (χ0v) is 16.3. The number of aryl methyl sites for hydroxylation is 1. The van der Waals surface area contributed by atoms with Crippen molar-refractivity contribution in [1.29, 1.82) is 0 Å². The number of carbonyl (C=O) groups excluding carboxylic acids is 2. The molecule has 2 aromatic rings. The van der Waals surface area contributed by atoms with Gasteiger partial charge in [0.1, 0.15) is 0 Å². The molecule has 1 aromatic heterocycles. The fourth-order valence-electron chi connectivity index (χ4n) is 3.29. The molecule has 1 aliphatic heterocycles. The normalized spacial score (nSPS) is 19.8. The standard InChI is InChI=1S/C19H23N3O2S.ClH/c1-13-4-6-14(7-5-13)22-17(23)9-8-15(19(24)21-11-10-20)18(22)16-3-2-12-25-16;/h2-7,12,15,18H,8-11,20H2,1H3,(H,21,24);1H. The Morgan fingerprint density at radius 3 is 2.65 bits per heavy atom. The van der Waals surface area contributed by atoms with E-state index in [2.05, 4.69) is 5.32 Å². The van der Waals surface area contributed by atoms with Crippen LogP contribution in [-0.4, -0.2) is 24.9 Å². The van der Waals surface area contributed by atoms with Crippen LogP contribution >= 0.6 is 23.7 Å². The van der Waals surface area contributed by atoms with E-state index in [4.69, 9.17) is 5.73 Å². The second kappa shape index (κ2) is 9.16. The molecule has 140 valence electrons. The summed E-state index contributed by atoms with van der Waals surface area (Å²) >= 11 is 1.58. The molecule has 7 heteroatoms. The number of hydrogen-bond acceptors (Lipinski definition) is 4. The first-order chi connectivity index (χ1) is 12.1. The first-order valence-electron chi connectivity index (χ1n) is 8.51. The van der Waals surface area contributed by atoms with Crippen molar-refractivity contribution in [3.05, 3.63) is 52.2 Å². The number of hydrogen-bond donors (Lipinski definition) is 2. The molecule has 0 spiro atoms. The Morgan fingerprint density at radius 1 is 1.31 bits per heavy atom. The lowest BCUT2D eigenvalue weighted by atomic mass is 9.86. The van der Waals surface area contributed by atoms with Crippen LogP contribution in [0.15, 0.2) is 41.8 Å². The predicted octanol–water partition coefficient (Wildman–Crippen LogP) is 3.04. The lowest BCUT2D eigenvalue weighted by Crippen LogP contribution is -2.48. The molecule has 2 atom stereocenters. The van der Waals surface area contributed by atoms with Crippen molar-refractivity contribution in [2.24, 2.45) is 11.7 Å². The van der Waals surface area contributed by atoms with E-state index in [0.29, 0.717) is 25.9 Å². The molecule has 2 heterocycles. The summed E-state index contributed by atoms with van der Waals surface area (Å²) in [5.74, 6) is -0.247. The number of halogens is 1. The summed E-state index contributed by atoms with van der Waals surface area (Å²) in [6.07, 6.45) is 0.927. The Bertz CT molecular complexity index is 734. The average Bonchev–Trinajstić information content (AvgIpc) is 3.14. The molecule has 0 bridgehead atoms. The summed E-state index contributed by atoms with van der Waals surface area (Å²) in [6, 6.07) is 11.6. The predicted molar refractivity (Wildman–Crippen MR) is 108 cm³/mol. The van der Waals surface area contributed by atoms with Gasteiger partial charge in [0.15, 0.2) is 0 Å². The third-order valence-corrected chi connectivity index (χ3v) is 5.47. The molecule has 1 fully saturated rings. The summed E-state index contributed by atoms with van der Waals surface area (Å²) in [7, 11) is 0. The van der Waals surface area contributed by atoms with Crippen molar-refractivity contribution in [3.63, 3.8) is 0 Å². The molecule has 1 aromatic carbocycles. The molecule has 0 saturated carbocycles. The maximum Gasteiger partial charge on any atom is 0.227 e. The van der Waals surface area contributed by atoms with Gasteiger partial charge in [0.05, 0.1) is 12.0 Å². The average molecular weight is 394 g/mol. The van der Waals surface area contributed by atoms with E-state index in [9.17, 15) is 9.59 Å². The molecule has 5 nitrogen and oxygen atoms in total. The summed E-state index contributed by atoms with van der Waals surface area (Å²) in [5, 5.41) is 4.88. The largest absolute Gasteiger partial charge is 0.355 e. The van der Waals surface area contributed by atoms with E-state index >= 15 is 0 Å². The Morgan fingerprint density at radius 2 is 2.04 bits per heavy atom. The van der Waals surface area contributed by atoms with Crippen molar-refractivity contribution in [1.82, 2.24) is 5.32 Å². The Balaban J connectivity index is 0.00000243. The Hall–Kier alpha value is -1.89. The third kappa shape index (κ3) is 4.26. The smallest absolute Gasteiger partial charge is 0.227 e. The van der Waals surface area contributed by atoms with Gasteiger partial charge in [-0.15, -0.1) is 23.7 Å². The number of carbonyl (C=O) groups is 2.